The molecule has 332 valence electrons. The summed E-state index contributed by atoms with van der Waals surface area (Å²) in [6, 6.07) is 18.1. The number of hydrogen-bond donors (Lipinski definition) is 3. The lowest BCUT2D eigenvalue weighted by molar-refractivity contribution is -0.352. The van der Waals surface area contributed by atoms with Crippen LogP contribution in [0.4, 0.5) is 9.59 Å². The first-order chi connectivity index (χ1) is 27.6. The zero-order valence-corrected chi connectivity index (χ0v) is 37.2. The van der Waals surface area contributed by atoms with Crippen LogP contribution in [0.25, 0.3) is 0 Å². The van der Waals surface area contributed by atoms with Crippen LogP contribution in [-0.2, 0) is 51.5 Å². The van der Waals surface area contributed by atoms with Crippen LogP contribution in [0.2, 0.25) is 0 Å². The second-order valence-electron chi connectivity index (χ2n) is 16.8. The average molecular weight is 831 g/mol. The highest BCUT2D eigenvalue weighted by molar-refractivity contribution is 5.87. The van der Waals surface area contributed by atoms with Crippen LogP contribution in [0.15, 0.2) is 60.7 Å². The molecule has 0 radical (unpaired) electrons. The Morgan fingerprint density at radius 3 is 1.85 bits per heavy atom. The number of hydrogen-bond acceptors (Lipinski definition) is 11. The van der Waals surface area contributed by atoms with Gasteiger partial charge in [-0.05, 0) is 91.2 Å². The second-order valence-corrected chi connectivity index (χ2v) is 16.8. The van der Waals surface area contributed by atoms with Crippen molar-refractivity contribution in [2.75, 3.05) is 26.3 Å². The smallest absolute Gasteiger partial charge is 0.413 e. The highest BCUT2D eigenvalue weighted by Gasteiger charge is 2.46. The van der Waals surface area contributed by atoms with Gasteiger partial charge in [0.2, 0.25) is 5.91 Å². The van der Waals surface area contributed by atoms with E-state index in [4.69, 9.17) is 29.1 Å². The van der Waals surface area contributed by atoms with Gasteiger partial charge in [0.1, 0.15) is 23.3 Å². The van der Waals surface area contributed by atoms with Crippen LogP contribution >= 0.6 is 0 Å². The summed E-state index contributed by atoms with van der Waals surface area (Å²) in [6.07, 6.45) is -1.11. The molecule has 1 saturated heterocycles. The van der Waals surface area contributed by atoms with Crippen LogP contribution in [-0.4, -0.2) is 101 Å². The van der Waals surface area contributed by atoms with Gasteiger partial charge in [0.25, 0.3) is 0 Å². The summed E-state index contributed by atoms with van der Waals surface area (Å²) in [4.78, 5) is 73.4. The van der Waals surface area contributed by atoms with Gasteiger partial charge in [0.15, 0.2) is 6.23 Å². The summed E-state index contributed by atoms with van der Waals surface area (Å²) in [6.45, 7) is 24.4. The number of carbonyl (C=O) groups excluding carboxylic acids is 4. The number of carbonyl (C=O) groups is 5. The van der Waals surface area contributed by atoms with Crippen molar-refractivity contribution >= 4 is 30.0 Å². The van der Waals surface area contributed by atoms with Gasteiger partial charge in [-0.15, -0.1) is 0 Å². The number of aliphatic carboxylic acids is 1. The largest absolute Gasteiger partial charge is 0.480 e. The van der Waals surface area contributed by atoms with Gasteiger partial charge in [-0.1, -0.05) is 88.4 Å². The molecule has 15 heteroatoms. The van der Waals surface area contributed by atoms with Gasteiger partial charge in [0.05, 0.1) is 26.3 Å². The molecular formula is C44H70N4O11. The molecule has 0 aliphatic carbocycles. The van der Waals surface area contributed by atoms with E-state index >= 15 is 0 Å². The number of alkyl carbamates (subject to hydrolysis) is 1. The fourth-order valence-electron chi connectivity index (χ4n) is 5.55. The van der Waals surface area contributed by atoms with Crippen LogP contribution in [0.1, 0.15) is 107 Å². The number of rotatable bonds is 16. The van der Waals surface area contributed by atoms with E-state index in [1.54, 1.807) is 60.3 Å². The molecule has 0 saturated carbocycles. The van der Waals surface area contributed by atoms with Gasteiger partial charge < -0.3 is 34.9 Å². The lowest BCUT2D eigenvalue weighted by Gasteiger charge is -2.45. The van der Waals surface area contributed by atoms with E-state index in [0.29, 0.717) is 39.1 Å². The fraction of sp³-hybridized carbons (Fsp3) is 0.614. The Hall–Kier alpha value is -4.73. The molecule has 1 fully saturated rings. The van der Waals surface area contributed by atoms with Gasteiger partial charge in [0, 0.05) is 13.1 Å². The molecule has 2 aromatic rings. The number of nitrogens with zero attached hydrogens (tertiary/aromatic N) is 2. The molecule has 1 heterocycles. The molecule has 0 bridgehead atoms. The van der Waals surface area contributed by atoms with Crippen molar-refractivity contribution in [2.24, 2.45) is 11.8 Å². The van der Waals surface area contributed by atoms with Gasteiger partial charge in [-0.25, -0.2) is 24.2 Å². The van der Waals surface area contributed by atoms with Crippen molar-refractivity contribution in [3.05, 3.63) is 71.8 Å². The second kappa shape index (κ2) is 26.4. The predicted octanol–water partition coefficient (Wildman–Crippen LogP) is 7.32. The number of esters is 1. The number of carboxylic acid groups (broad SMARTS) is 1. The van der Waals surface area contributed by atoms with Crippen molar-refractivity contribution < 1.29 is 53.1 Å². The van der Waals surface area contributed by atoms with Gasteiger partial charge in [-0.3, -0.25) is 14.5 Å². The maximum absolute atomic E-state index is 13.3. The maximum atomic E-state index is 13.3. The molecule has 1 unspecified atom stereocenters. The third-order valence-corrected chi connectivity index (χ3v) is 7.87. The van der Waals surface area contributed by atoms with Crippen molar-refractivity contribution in [1.82, 2.24) is 20.4 Å². The Labute approximate surface area is 351 Å². The minimum absolute atomic E-state index is 0.107. The number of benzene rings is 2. The van der Waals surface area contributed by atoms with E-state index in [1.165, 1.54) is 4.90 Å². The standard InChI is InChI=1S/C22H34N2O5.C11H21NO4.C11H15NO2/c1-7-27-29-19-15-23(14-17-11-9-8-10-12-17)20(25)18(13-16(2)3)24(19)21(26)28-22(4,5)6;1-7(2)6-8(9(13)14)12-10(15)16-11(3,4)5;1-2-14-11(13)9-12-8-10-6-4-3-5-7-10/h8-12,16,18-19H,7,13-15H2,1-6H3;7-8H,6H2,1-5H3,(H,12,15)(H,13,14);3-7,12H,2,8-9H2,1H3/t18-,19?;8-;/m00./s1. The van der Waals surface area contributed by atoms with E-state index in [9.17, 15) is 24.0 Å². The molecule has 3 atom stereocenters. The van der Waals surface area contributed by atoms with Gasteiger partial charge in [-0.2, -0.15) is 0 Å². The van der Waals surface area contributed by atoms with Crippen LogP contribution in [0.3, 0.4) is 0 Å². The first-order valence-corrected chi connectivity index (χ1v) is 20.3. The molecular weight excluding hydrogens is 761 g/mol. The van der Waals surface area contributed by atoms with E-state index < -0.39 is 47.7 Å². The molecule has 1 aliphatic heterocycles. The number of nitrogens with one attached hydrogen (secondary N) is 2. The molecule has 0 spiro atoms. The zero-order chi connectivity index (χ0) is 44.8. The summed E-state index contributed by atoms with van der Waals surface area (Å²) in [5, 5.41) is 14.3. The Bertz CT molecular complexity index is 1540. The van der Waals surface area contributed by atoms with Crippen LogP contribution in [0.5, 0.6) is 0 Å². The van der Waals surface area contributed by atoms with E-state index in [1.807, 2.05) is 88.4 Å². The van der Waals surface area contributed by atoms with Gasteiger partial charge >= 0.3 is 24.1 Å². The summed E-state index contributed by atoms with van der Waals surface area (Å²) < 4.78 is 15.3. The summed E-state index contributed by atoms with van der Waals surface area (Å²) >= 11 is 0. The Kier molecular flexibility index (Phi) is 23.4. The first kappa shape index (κ1) is 52.3. The van der Waals surface area contributed by atoms with Crippen molar-refractivity contribution in [1.29, 1.82) is 0 Å². The van der Waals surface area contributed by atoms with Crippen molar-refractivity contribution in [2.45, 2.75) is 139 Å². The normalized spacial score (nSPS) is 15.9. The predicted molar refractivity (Wildman–Crippen MR) is 225 cm³/mol. The van der Waals surface area contributed by atoms with E-state index in [2.05, 4.69) is 10.6 Å². The third-order valence-electron chi connectivity index (χ3n) is 7.87. The SMILES string of the molecule is CC(C)C[C@H](NC(=O)OC(C)(C)C)C(=O)O.CCOC(=O)CNCc1ccccc1.CCOOC1CN(Cc2ccccc2)C(=O)[C@H](CC(C)C)N1C(=O)OC(C)(C)C. The zero-order valence-electron chi connectivity index (χ0n) is 37.2. The van der Waals surface area contributed by atoms with E-state index in [-0.39, 0.29) is 36.8 Å². The quantitative estimate of drug-likeness (QED) is 0.0665. The summed E-state index contributed by atoms with van der Waals surface area (Å²) in [7, 11) is 0. The molecule has 2 aromatic carbocycles. The number of carboxylic acids is 1. The molecule has 3 rings (SSSR count). The minimum Gasteiger partial charge on any atom is -0.480 e. The lowest BCUT2D eigenvalue weighted by Crippen LogP contribution is -2.64. The Balaban J connectivity index is 0.000000490. The molecule has 3 amide bonds. The van der Waals surface area contributed by atoms with Crippen molar-refractivity contribution in [3.63, 3.8) is 0 Å². The fourth-order valence-corrected chi connectivity index (χ4v) is 5.55. The Morgan fingerprint density at radius 1 is 0.814 bits per heavy atom. The minimum atomic E-state index is -1.04. The molecule has 3 N–H and O–H groups in total. The number of piperazine rings is 1. The highest BCUT2D eigenvalue weighted by atomic mass is 17.2. The van der Waals surface area contributed by atoms with Crippen LogP contribution < -0.4 is 10.6 Å². The maximum Gasteiger partial charge on any atom is 0.413 e. The number of ether oxygens (including phenoxy) is 3. The lowest BCUT2D eigenvalue weighted by atomic mass is 9.98. The molecule has 59 heavy (non-hydrogen) atoms. The monoisotopic (exact) mass is 831 g/mol. The number of amides is 3. The molecule has 1 aliphatic rings. The average Bonchev–Trinajstić information content (AvgIpc) is 3.12. The third kappa shape index (κ3) is 22.9. The molecule has 15 nitrogen and oxygen atoms in total. The molecule has 0 aromatic heterocycles. The topological polar surface area (TPSA) is 182 Å². The van der Waals surface area contributed by atoms with Crippen molar-refractivity contribution in [3.8, 4) is 0 Å². The van der Waals surface area contributed by atoms with E-state index in [0.717, 1.165) is 11.1 Å². The first-order valence-electron chi connectivity index (χ1n) is 20.3. The van der Waals surface area contributed by atoms with Crippen LogP contribution in [0, 0.1) is 11.8 Å². The Morgan fingerprint density at radius 2 is 1.37 bits per heavy atom. The highest BCUT2D eigenvalue weighted by Crippen LogP contribution is 2.27. The summed E-state index contributed by atoms with van der Waals surface area (Å²) in [5.74, 6) is -0.956. The summed E-state index contributed by atoms with van der Waals surface area (Å²) in [5.41, 5.74) is 0.881.